The number of urea groups is 1. The van der Waals surface area contributed by atoms with Crippen LogP contribution in [0.2, 0.25) is 0 Å². The van der Waals surface area contributed by atoms with Gasteiger partial charge in [-0.2, -0.15) is 0 Å². The molecular weight excluding hydrogens is 216 g/mol. The van der Waals surface area contributed by atoms with E-state index in [-0.39, 0.29) is 6.03 Å². The molecule has 4 nitrogen and oxygen atoms in total. The molecule has 1 aromatic carbocycles. The summed E-state index contributed by atoms with van der Waals surface area (Å²) >= 11 is 0. The summed E-state index contributed by atoms with van der Waals surface area (Å²) in [5.41, 5.74) is 1.75. The van der Waals surface area contributed by atoms with Crippen LogP contribution in [0.4, 0.5) is 10.5 Å². The minimum Gasteiger partial charge on any atom is -0.380 e. The van der Waals surface area contributed by atoms with Crippen LogP contribution in [0.5, 0.6) is 0 Å². The summed E-state index contributed by atoms with van der Waals surface area (Å²) in [4.78, 5) is 11.6. The molecule has 4 heteroatoms. The second-order valence-corrected chi connectivity index (χ2v) is 4.32. The van der Waals surface area contributed by atoms with Crippen LogP contribution >= 0.6 is 0 Å². The Morgan fingerprint density at radius 2 is 2.06 bits per heavy atom. The average molecular weight is 236 g/mol. The number of hydrogen-bond acceptors (Lipinski definition) is 2. The van der Waals surface area contributed by atoms with Gasteiger partial charge in [0.15, 0.2) is 0 Å². The number of hydrogen-bond donors (Lipinski definition) is 2. The van der Waals surface area contributed by atoms with Crippen molar-refractivity contribution in [3.05, 3.63) is 29.8 Å². The molecule has 0 aromatic heterocycles. The molecule has 2 amide bonds. The molecule has 0 bridgehead atoms. The molecule has 0 spiro atoms. The maximum absolute atomic E-state index is 11.6. The van der Waals surface area contributed by atoms with Gasteiger partial charge in [0.1, 0.15) is 0 Å². The molecule has 0 radical (unpaired) electrons. The summed E-state index contributed by atoms with van der Waals surface area (Å²) in [6.45, 7) is 5.26. The van der Waals surface area contributed by atoms with Crippen LogP contribution in [0.3, 0.4) is 0 Å². The van der Waals surface area contributed by atoms with Crippen molar-refractivity contribution in [2.45, 2.75) is 20.5 Å². The summed E-state index contributed by atoms with van der Waals surface area (Å²) in [6, 6.07) is 7.43. The van der Waals surface area contributed by atoms with Gasteiger partial charge in [0.25, 0.3) is 0 Å². The molecule has 2 N–H and O–H groups in total. The summed E-state index contributed by atoms with van der Waals surface area (Å²) in [5, 5.41) is 5.63. The standard InChI is InChI=1S/C13H20N2O2/c1-10(2)8-14-13(16)15-12-7-5-4-6-11(12)9-17-3/h4-7,10H,8-9H2,1-3H3,(H2,14,15,16). The molecule has 0 aliphatic carbocycles. The van der Waals surface area contributed by atoms with Crippen molar-refractivity contribution >= 4 is 11.7 Å². The summed E-state index contributed by atoms with van der Waals surface area (Å²) in [6.07, 6.45) is 0. The van der Waals surface area contributed by atoms with E-state index in [9.17, 15) is 4.79 Å². The predicted octanol–water partition coefficient (Wildman–Crippen LogP) is 2.61. The zero-order chi connectivity index (χ0) is 12.7. The van der Waals surface area contributed by atoms with Gasteiger partial charge in [-0.3, -0.25) is 0 Å². The van der Waals surface area contributed by atoms with E-state index in [0.717, 1.165) is 11.3 Å². The van der Waals surface area contributed by atoms with Gasteiger partial charge in [0.2, 0.25) is 0 Å². The second kappa shape index (κ2) is 6.91. The number of anilines is 1. The number of benzene rings is 1. The highest BCUT2D eigenvalue weighted by Gasteiger charge is 2.06. The minimum atomic E-state index is -0.178. The highest BCUT2D eigenvalue weighted by atomic mass is 16.5. The summed E-state index contributed by atoms with van der Waals surface area (Å²) < 4.78 is 5.08. The van der Waals surface area contributed by atoms with Crippen molar-refractivity contribution in [3.63, 3.8) is 0 Å². The zero-order valence-electron chi connectivity index (χ0n) is 10.6. The Bertz CT molecular complexity index is 364. The molecule has 1 aromatic rings. The second-order valence-electron chi connectivity index (χ2n) is 4.32. The number of amides is 2. The van der Waals surface area contributed by atoms with Crippen molar-refractivity contribution in [1.29, 1.82) is 0 Å². The van der Waals surface area contributed by atoms with Gasteiger partial charge in [-0.1, -0.05) is 32.0 Å². The van der Waals surface area contributed by atoms with Crippen LogP contribution < -0.4 is 10.6 Å². The lowest BCUT2D eigenvalue weighted by atomic mass is 10.2. The molecule has 0 saturated carbocycles. The van der Waals surface area contributed by atoms with Gasteiger partial charge in [-0.25, -0.2) is 4.79 Å². The normalized spacial score (nSPS) is 10.4. The fourth-order valence-corrected chi connectivity index (χ4v) is 1.39. The van der Waals surface area contributed by atoms with Crippen molar-refractivity contribution in [2.24, 2.45) is 5.92 Å². The van der Waals surface area contributed by atoms with Gasteiger partial charge < -0.3 is 15.4 Å². The molecule has 0 saturated heterocycles. The van der Waals surface area contributed by atoms with Crippen molar-refractivity contribution in [1.82, 2.24) is 5.32 Å². The van der Waals surface area contributed by atoms with Crippen molar-refractivity contribution in [3.8, 4) is 0 Å². The lowest BCUT2D eigenvalue weighted by molar-refractivity contribution is 0.185. The number of ether oxygens (including phenoxy) is 1. The predicted molar refractivity (Wildman–Crippen MR) is 69.0 cm³/mol. The maximum atomic E-state index is 11.6. The number of carbonyl (C=O) groups excluding carboxylic acids is 1. The monoisotopic (exact) mass is 236 g/mol. The number of carbonyl (C=O) groups is 1. The Balaban J connectivity index is 2.58. The Labute approximate surface area is 102 Å². The molecule has 94 valence electrons. The Morgan fingerprint density at radius 3 is 2.71 bits per heavy atom. The maximum Gasteiger partial charge on any atom is 0.319 e. The quantitative estimate of drug-likeness (QED) is 0.825. The summed E-state index contributed by atoms with van der Waals surface area (Å²) in [5.74, 6) is 0.440. The van der Waals surface area contributed by atoms with E-state index in [1.165, 1.54) is 0 Å². The van der Waals surface area contributed by atoms with Crippen LogP contribution in [0.15, 0.2) is 24.3 Å². The van der Waals surface area contributed by atoms with Gasteiger partial charge in [-0.15, -0.1) is 0 Å². The minimum absolute atomic E-state index is 0.178. The Hall–Kier alpha value is -1.55. The average Bonchev–Trinajstić information content (AvgIpc) is 2.29. The topological polar surface area (TPSA) is 50.4 Å². The van der Waals surface area contributed by atoms with Crippen LogP contribution in [0, 0.1) is 5.92 Å². The molecular formula is C13H20N2O2. The number of rotatable bonds is 5. The number of nitrogens with one attached hydrogen (secondary N) is 2. The molecule has 17 heavy (non-hydrogen) atoms. The largest absolute Gasteiger partial charge is 0.380 e. The first-order chi connectivity index (χ1) is 8.13. The van der Waals surface area contributed by atoms with Gasteiger partial charge in [0.05, 0.1) is 6.61 Å². The highest BCUT2D eigenvalue weighted by molar-refractivity contribution is 5.90. The van der Waals surface area contributed by atoms with E-state index in [1.807, 2.05) is 24.3 Å². The third-order valence-corrected chi connectivity index (χ3v) is 2.24. The van der Waals surface area contributed by atoms with Gasteiger partial charge in [-0.05, 0) is 12.0 Å². The van der Waals surface area contributed by atoms with E-state index < -0.39 is 0 Å². The first-order valence-corrected chi connectivity index (χ1v) is 5.75. The third-order valence-electron chi connectivity index (χ3n) is 2.24. The molecule has 0 aliphatic rings. The molecule has 0 fully saturated rings. The highest BCUT2D eigenvalue weighted by Crippen LogP contribution is 2.15. The van der Waals surface area contributed by atoms with E-state index in [4.69, 9.17) is 4.74 Å². The van der Waals surface area contributed by atoms with E-state index >= 15 is 0 Å². The lowest BCUT2D eigenvalue weighted by Gasteiger charge is -2.12. The van der Waals surface area contributed by atoms with Crippen LogP contribution in [0.25, 0.3) is 0 Å². The van der Waals surface area contributed by atoms with E-state index in [0.29, 0.717) is 19.1 Å². The zero-order valence-corrected chi connectivity index (χ0v) is 10.6. The van der Waals surface area contributed by atoms with Crippen molar-refractivity contribution < 1.29 is 9.53 Å². The SMILES string of the molecule is COCc1ccccc1NC(=O)NCC(C)C. The van der Waals surface area contributed by atoms with Gasteiger partial charge in [0, 0.05) is 24.9 Å². The fourth-order valence-electron chi connectivity index (χ4n) is 1.39. The van der Waals surface area contributed by atoms with Crippen molar-refractivity contribution in [2.75, 3.05) is 19.0 Å². The fraction of sp³-hybridized carbons (Fsp3) is 0.462. The smallest absolute Gasteiger partial charge is 0.319 e. The first kappa shape index (κ1) is 13.5. The molecule has 0 aliphatic heterocycles. The van der Waals surface area contributed by atoms with Crippen LogP contribution in [0.1, 0.15) is 19.4 Å². The van der Waals surface area contributed by atoms with E-state index in [2.05, 4.69) is 24.5 Å². The molecule has 0 atom stereocenters. The van der Waals surface area contributed by atoms with Crippen LogP contribution in [-0.4, -0.2) is 19.7 Å². The third kappa shape index (κ3) is 4.87. The molecule has 0 unspecified atom stereocenters. The number of para-hydroxylation sites is 1. The Kier molecular flexibility index (Phi) is 5.49. The number of methoxy groups -OCH3 is 1. The summed E-state index contributed by atoms with van der Waals surface area (Å²) in [7, 11) is 1.63. The Morgan fingerprint density at radius 1 is 1.35 bits per heavy atom. The van der Waals surface area contributed by atoms with E-state index in [1.54, 1.807) is 7.11 Å². The molecule has 1 rings (SSSR count). The molecule has 0 heterocycles. The first-order valence-electron chi connectivity index (χ1n) is 5.75. The van der Waals surface area contributed by atoms with Crippen LogP contribution in [-0.2, 0) is 11.3 Å². The van der Waals surface area contributed by atoms with Gasteiger partial charge >= 0.3 is 6.03 Å². The lowest BCUT2D eigenvalue weighted by Crippen LogP contribution is -2.32.